The number of fused-ring (bicyclic) bond motifs is 6. The van der Waals surface area contributed by atoms with Gasteiger partial charge < -0.3 is 9.13 Å². The molecule has 0 unspecified atom stereocenters. The van der Waals surface area contributed by atoms with Crippen molar-refractivity contribution in [3.05, 3.63) is 145 Å². The van der Waals surface area contributed by atoms with E-state index < -0.39 is 0 Å². The van der Waals surface area contributed by atoms with E-state index in [0.29, 0.717) is 11.1 Å². The van der Waals surface area contributed by atoms with Gasteiger partial charge >= 0.3 is 0 Å². The molecule has 6 aromatic carbocycles. The molecule has 0 aliphatic heterocycles. The summed E-state index contributed by atoms with van der Waals surface area (Å²) in [5, 5.41) is 24.3. The van der Waals surface area contributed by atoms with Gasteiger partial charge in [0.15, 0.2) is 0 Å². The third-order valence-electron chi connectivity index (χ3n) is 8.20. The summed E-state index contributed by atoms with van der Waals surface area (Å²) in [6, 6.07) is 50.1. The van der Waals surface area contributed by atoms with Crippen molar-refractivity contribution in [2.75, 3.05) is 0 Å². The maximum Gasteiger partial charge on any atom is 0.101 e. The van der Waals surface area contributed by atoms with E-state index in [4.69, 9.17) is 0 Å². The molecule has 0 bridgehead atoms. The van der Waals surface area contributed by atoms with Crippen LogP contribution in [0.25, 0.3) is 66.1 Å². The van der Waals surface area contributed by atoms with Crippen LogP contribution in [0, 0.1) is 22.7 Å². The van der Waals surface area contributed by atoms with Gasteiger partial charge in [0.1, 0.15) is 6.07 Å². The molecule has 8 rings (SSSR count). The van der Waals surface area contributed by atoms with Gasteiger partial charge in [-0.25, -0.2) is 0 Å². The van der Waals surface area contributed by atoms with Gasteiger partial charge in [-0.05, 0) is 60.2 Å². The van der Waals surface area contributed by atoms with Crippen LogP contribution in [-0.4, -0.2) is 9.13 Å². The number of para-hydroxylation sites is 4. The highest BCUT2D eigenvalue weighted by molar-refractivity contribution is 6.11. The molecule has 0 aliphatic carbocycles. The van der Waals surface area contributed by atoms with E-state index in [1.165, 1.54) is 21.8 Å². The van der Waals surface area contributed by atoms with E-state index in [1.54, 1.807) is 0 Å². The fraction of sp³-hybridized carbons (Fsp3) is 0. The number of aromatic nitrogens is 2. The predicted octanol–water partition coefficient (Wildman–Crippen LogP) is 9.29. The molecule has 2 aromatic heterocycles. The number of nitriles is 2. The van der Waals surface area contributed by atoms with Crippen LogP contribution in [0.4, 0.5) is 0 Å². The van der Waals surface area contributed by atoms with Gasteiger partial charge in [0.05, 0.1) is 45.0 Å². The molecular weight excluding hydrogens is 512 g/mol. The Morgan fingerprint density at radius 2 is 1.02 bits per heavy atom. The number of benzene rings is 6. The highest BCUT2D eigenvalue weighted by atomic mass is 15.0. The molecule has 0 aliphatic rings. The van der Waals surface area contributed by atoms with Crippen molar-refractivity contribution in [3.8, 4) is 34.6 Å². The van der Waals surface area contributed by atoms with Gasteiger partial charge in [-0.1, -0.05) is 78.9 Å². The quantitative estimate of drug-likeness (QED) is 0.227. The molecular formula is C38H22N4. The summed E-state index contributed by atoms with van der Waals surface area (Å²) in [5.41, 5.74) is 9.39. The summed E-state index contributed by atoms with van der Waals surface area (Å²) < 4.78 is 4.47. The molecule has 42 heavy (non-hydrogen) atoms. The van der Waals surface area contributed by atoms with Crippen LogP contribution in [-0.2, 0) is 0 Å². The summed E-state index contributed by atoms with van der Waals surface area (Å²) in [7, 11) is 0. The summed E-state index contributed by atoms with van der Waals surface area (Å²) in [6.07, 6.45) is 0. The lowest BCUT2D eigenvalue weighted by Crippen LogP contribution is -2.01. The zero-order valence-electron chi connectivity index (χ0n) is 22.5. The van der Waals surface area contributed by atoms with Crippen LogP contribution < -0.4 is 0 Å². The Hall–Kier alpha value is -6.10. The average molecular weight is 535 g/mol. The highest BCUT2D eigenvalue weighted by Gasteiger charge is 2.19. The predicted molar refractivity (Wildman–Crippen MR) is 170 cm³/mol. The SMILES string of the molecule is N#Cc1ccc2c(c1)c1ccccc1n2-c1c(C#N)cccc1-c1ccc(-n2c3ccccc3c3ccccc32)cc1. The van der Waals surface area contributed by atoms with Gasteiger partial charge in [0.25, 0.3) is 0 Å². The maximum absolute atomic E-state index is 10.3. The maximum atomic E-state index is 10.3. The van der Waals surface area contributed by atoms with E-state index in [1.807, 2.05) is 42.5 Å². The Morgan fingerprint density at radius 3 is 1.64 bits per heavy atom. The molecule has 4 nitrogen and oxygen atoms in total. The fourth-order valence-corrected chi connectivity index (χ4v) is 6.38. The normalized spacial score (nSPS) is 11.3. The smallest absolute Gasteiger partial charge is 0.101 e. The molecule has 0 spiro atoms. The standard InChI is InChI=1S/C38H22N4/c39-23-25-16-21-37-33(22-25)32-11-3-6-15-36(32)42(37)38-27(24-40)8-7-12-29(38)26-17-19-28(20-18-26)41-34-13-4-1-9-30(34)31-10-2-5-14-35(31)41/h1-22H. The molecule has 0 N–H and O–H groups in total. The van der Waals surface area contributed by atoms with Crippen LogP contribution in [0.1, 0.15) is 11.1 Å². The van der Waals surface area contributed by atoms with Crippen molar-refractivity contribution >= 4 is 43.6 Å². The second kappa shape index (κ2) is 9.24. The minimum Gasteiger partial charge on any atom is -0.309 e. The van der Waals surface area contributed by atoms with E-state index in [0.717, 1.165) is 44.3 Å². The third kappa shape index (κ3) is 3.40. The molecule has 0 radical (unpaired) electrons. The van der Waals surface area contributed by atoms with Gasteiger partial charge in [-0.3, -0.25) is 0 Å². The molecule has 0 saturated heterocycles. The van der Waals surface area contributed by atoms with E-state index >= 15 is 0 Å². The highest BCUT2D eigenvalue weighted by Crippen LogP contribution is 2.39. The van der Waals surface area contributed by atoms with Crippen molar-refractivity contribution < 1.29 is 0 Å². The lowest BCUT2D eigenvalue weighted by Gasteiger charge is -2.16. The monoisotopic (exact) mass is 534 g/mol. The first-order valence-electron chi connectivity index (χ1n) is 13.8. The van der Waals surface area contributed by atoms with E-state index in [-0.39, 0.29) is 0 Å². The summed E-state index contributed by atoms with van der Waals surface area (Å²) in [4.78, 5) is 0. The van der Waals surface area contributed by atoms with Crippen molar-refractivity contribution in [1.82, 2.24) is 9.13 Å². The van der Waals surface area contributed by atoms with Crippen LogP contribution >= 0.6 is 0 Å². The first-order valence-corrected chi connectivity index (χ1v) is 13.8. The topological polar surface area (TPSA) is 57.4 Å². The molecule has 4 heteroatoms. The van der Waals surface area contributed by atoms with Crippen molar-refractivity contribution in [3.63, 3.8) is 0 Å². The van der Waals surface area contributed by atoms with Crippen LogP contribution in [0.15, 0.2) is 133 Å². The van der Waals surface area contributed by atoms with Crippen LogP contribution in [0.5, 0.6) is 0 Å². The summed E-state index contributed by atoms with van der Waals surface area (Å²) in [6.45, 7) is 0. The largest absolute Gasteiger partial charge is 0.309 e. The Balaban J connectivity index is 1.36. The molecule has 8 aromatic rings. The van der Waals surface area contributed by atoms with Gasteiger partial charge in [-0.15, -0.1) is 0 Å². The van der Waals surface area contributed by atoms with Crippen molar-refractivity contribution in [1.29, 1.82) is 10.5 Å². The summed E-state index contributed by atoms with van der Waals surface area (Å²) in [5.74, 6) is 0. The Morgan fingerprint density at radius 1 is 0.452 bits per heavy atom. The molecule has 2 heterocycles. The minimum atomic E-state index is 0.589. The Labute approximate surface area is 242 Å². The number of rotatable bonds is 3. The minimum absolute atomic E-state index is 0.589. The molecule has 0 saturated carbocycles. The molecule has 0 atom stereocenters. The Kier molecular flexibility index (Phi) is 5.22. The van der Waals surface area contributed by atoms with Gasteiger partial charge in [0.2, 0.25) is 0 Å². The lowest BCUT2D eigenvalue weighted by atomic mass is 9.99. The first-order chi connectivity index (χ1) is 20.8. The summed E-state index contributed by atoms with van der Waals surface area (Å²) >= 11 is 0. The number of nitrogens with zero attached hydrogens (tertiary/aromatic N) is 4. The molecule has 0 amide bonds. The second-order valence-corrected chi connectivity index (χ2v) is 10.4. The number of hydrogen-bond acceptors (Lipinski definition) is 2. The number of hydrogen-bond donors (Lipinski definition) is 0. The van der Waals surface area contributed by atoms with Crippen LogP contribution in [0.2, 0.25) is 0 Å². The first kappa shape index (κ1) is 23.8. The van der Waals surface area contributed by atoms with Crippen LogP contribution in [0.3, 0.4) is 0 Å². The van der Waals surface area contributed by atoms with Crippen molar-refractivity contribution in [2.45, 2.75) is 0 Å². The lowest BCUT2D eigenvalue weighted by molar-refractivity contribution is 1.16. The Bertz CT molecular complexity index is 2370. The molecule has 0 fully saturated rings. The zero-order valence-corrected chi connectivity index (χ0v) is 22.5. The van der Waals surface area contributed by atoms with E-state index in [9.17, 15) is 10.5 Å². The third-order valence-corrected chi connectivity index (χ3v) is 8.20. The second-order valence-electron chi connectivity index (χ2n) is 10.4. The van der Waals surface area contributed by atoms with Gasteiger partial charge in [-0.2, -0.15) is 10.5 Å². The fourth-order valence-electron chi connectivity index (χ4n) is 6.38. The van der Waals surface area contributed by atoms with Gasteiger partial charge in [0, 0.05) is 32.8 Å². The van der Waals surface area contributed by atoms with E-state index in [2.05, 4.69) is 112 Å². The average Bonchev–Trinajstić information content (AvgIpc) is 3.57. The zero-order chi connectivity index (χ0) is 28.2. The molecule has 194 valence electrons. The van der Waals surface area contributed by atoms with Crippen molar-refractivity contribution in [2.24, 2.45) is 0 Å².